The molecule has 0 radical (unpaired) electrons. The summed E-state index contributed by atoms with van der Waals surface area (Å²) >= 11 is 0. The predicted octanol–water partition coefficient (Wildman–Crippen LogP) is 0.772. The van der Waals surface area contributed by atoms with Crippen molar-refractivity contribution >= 4 is 5.69 Å². The van der Waals surface area contributed by atoms with Gasteiger partial charge in [0.1, 0.15) is 0 Å². The van der Waals surface area contributed by atoms with Gasteiger partial charge in [-0.05, 0) is 30.0 Å². The van der Waals surface area contributed by atoms with E-state index in [4.69, 9.17) is 0 Å². The number of benzene rings is 2. The Morgan fingerprint density at radius 3 is 2.33 bits per heavy atom. The molecule has 2 atom stereocenters. The summed E-state index contributed by atoms with van der Waals surface area (Å²) in [5.74, 6) is 0. The SMILES string of the molecule is C[NH+](C)CCCN1c2ccccc2C2(C)CCCCC12c1ccccc1.[Cl-]. The van der Waals surface area contributed by atoms with Crippen LogP contribution in [0.25, 0.3) is 0 Å². The van der Waals surface area contributed by atoms with Crippen molar-refractivity contribution in [2.75, 3.05) is 32.1 Å². The molecule has 0 aromatic heterocycles. The lowest BCUT2D eigenvalue weighted by molar-refractivity contribution is -0.858. The first-order chi connectivity index (χ1) is 12.6. The highest BCUT2D eigenvalue weighted by molar-refractivity contribution is 5.69. The highest BCUT2D eigenvalue weighted by Gasteiger charge is 2.60. The van der Waals surface area contributed by atoms with Gasteiger partial charge in [0.15, 0.2) is 0 Å². The van der Waals surface area contributed by atoms with Gasteiger partial charge in [0.05, 0.1) is 26.2 Å². The molecule has 3 heteroatoms. The molecule has 2 nitrogen and oxygen atoms in total. The molecule has 0 bridgehead atoms. The molecule has 1 heterocycles. The van der Waals surface area contributed by atoms with E-state index in [-0.39, 0.29) is 23.4 Å². The van der Waals surface area contributed by atoms with Crippen molar-refractivity contribution in [2.24, 2.45) is 0 Å². The van der Waals surface area contributed by atoms with Gasteiger partial charge in [0.2, 0.25) is 0 Å². The molecular weight excluding hydrogens is 352 g/mol. The quantitative estimate of drug-likeness (QED) is 0.800. The van der Waals surface area contributed by atoms with Crippen molar-refractivity contribution in [2.45, 2.75) is 50.0 Å². The Morgan fingerprint density at radius 2 is 1.59 bits per heavy atom. The zero-order valence-corrected chi connectivity index (χ0v) is 17.7. The fourth-order valence-corrected chi connectivity index (χ4v) is 5.75. The van der Waals surface area contributed by atoms with Gasteiger partial charge in [-0.2, -0.15) is 0 Å². The molecule has 1 saturated carbocycles. The second-order valence-corrected chi connectivity index (χ2v) is 8.74. The van der Waals surface area contributed by atoms with Crippen LogP contribution in [0, 0.1) is 0 Å². The summed E-state index contributed by atoms with van der Waals surface area (Å²) in [4.78, 5) is 4.33. The van der Waals surface area contributed by atoms with E-state index < -0.39 is 0 Å². The Bertz CT molecular complexity index is 760. The first-order valence-corrected chi connectivity index (χ1v) is 10.3. The van der Waals surface area contributed by atoms with Crippen LogP contribution in [0.2, 0.25) is 0 Å². The third kappa shape index (κ3) is 3.07. The number of fused-ring (bicyclic) bond motifs is 3. The van der Waals surface area contributed by atoms with E-state index in [0.29, 0.717) is 0 Å². The molecule has 2 aliphatic rings. The second kappa shape index (κ2) is 7.85. The van der Waals surface area contributed by atoms with E-state index >= 15 is 0 Å². The zero-order valence-electron chi connectivity index (χ0n) is 17.0. The van der Waals surface area contributed by atoms with Crippen molar-refractivity contribution in [3.8, 4) is 0 Å². The first kappa shape index (κ1) is 20.2. The van der Waals surface area contributed by atoms with E-state index in [0.717, 1.165) is 6.54 Å². The van der Waals surface area contributed by atoms with Crippen molar-refractivity contribution in [3.63, 3.8) is 0 Å². The van der Waals surface area contributed by atoms with Gasteiger partial charge in [-0.3, -0.25) is 0 Å². The monoisotopic (exact) mass is 384 g/mol. The minimum Gasteiger partial charge on any atom is -1.00 e. The number of hydrogen-bond acceptors (Lipinski definition) is 1. The van der Waals surface area contributed by atoms with Crippen LogP contribution in [0.5, 0.6) is 0 Å². The van der Waals surface area contributed by atoms with E-state index in [1.54, 1.807) is 5.56 Å². The van der Waals surface area contributed by atoms with Crippen molar-refractivity contribution < 1.29 is 17.3 Å². The van der Waals surface area contributed by atoms with Gasteiger partial charge in [0.25, 0.3) is 0 Å². The standard InChI is InChI=1S/C24H32N2.ClH/c1-23-16-9-10-17-24(23,20-12-5-4-6-13-20)26(19-11-18-25(2)3)22-15-8-7-14-21(22)23;/h4-8,12-15H,9-11,16-19H2,1-3H3;1H. The third-order valence-electron chi connectivity index (χ3n) is 6.94. The summed E-state index contributed by atoms with van der Waals surface area (Å²) < 4.78 is 0. The van der Waals surface area contributed by atoms with Crippen LogP contribution < -0.4 is 22.2 Å². The number of nitrogens with one attached hydrogen (secondary N) is 1. The summed E-state index contributed by atoms with van der Waals surface area (Å²) in [6.07, 6.45) is 6.45. The van der Waals surface area contributed by atoms with Crippen LogP contribution in [-0.4, -0.2) is 27.2 Å². The lowest BCUT2D eigenvalue weighted by atomic mass is 9.58. The van der Waals surface area contributed by atoms with Gasteiger partial charge >= 0.3 is 0 Å². The fourth-order valence-electron chi connectivity index (χ4n) is 5.75. The normalized spacial score (nSPS) is 26.4. The molecular formula is C24H33ClN2. The highest BCUT2D eigenvalue weighted by atomic mass is 35.5. The molecule has 27 heavy (non-hydrogen) atoms. The molecule has 4 rings (SSSR count). The molecule has 2 aromatic carbocycles. The predicted molar refractivity (Wildman–Crippen MR) is 110 cm³/mol. The number of rotatable bonds is 5. The Morgan fingerprint density at radius 1 is 0.926 bits per heavy atom. The molecule has 1 aliphatic heterocycles. The number of para-hydroxylation sites is 1. The van der Waals surface area contributed by atoms with Crippen molar-refractivity contribution in [3.05, 3.63) is 65.7 Å². The lowest BCUT2D eigenvalue weighted by Gasteiger charge is -2.53. The van der Waals surface area contributed by atoms with Crippen molar-refractivity contribution in [1.29, 1.82) is 0 Å². The van der Waals surface area contributed by atoms with Crippen LogP contribution in [0.15, 0.2) is 54.6 Å². The first-order valence-electron chi connectivity index (χ1n) is 10.3. The minimum absolute atomic E-state index is 0. The van der Waals surface area contributed by atoms with Crippen molar-refractivity contribution in [1.82, 2.24) is 0 Å². The molecule has 2 unspecified atom stereocenters. The third-order valence-corrected chi connectivity index (χ3v) is 6.94. The van der Waals surface area contributed by atoms with E-state index in [1.165, 1.54) is 54.8 Å². The summed E-state index contributed by atoms with van der Waals surface area (Å²) in [5.41, 5.74) is 4.87. The maximum absolute atomic E-state index is 2.79. The fraction of sp³-hybridized carbons (Fsp3) is 0.500. The Kier molecular flexibility index (Phi) is 5.88. The molecule has 0 spiro atoms. The number of hydrogen-bond donors (Lipinski definition) is 1. The highest BCUT2D eigenvalue weighted by Crippen LogP contribution is 2.62. The van der Waals surface area contributed by atoms with Gasteiger partial charge in [-0.15, -0.1) is 0 Å². The average Bonchev–Trinajstić information content (AvgIpc) is 2.89. The Balaban J connectivity index is 0.00000210. The number of quaternary nitrogens is 1. The van der Waals surface area contributed by atoms with Gasteiger partial charge in [-0.25, -0.2) is 0 Å². The molecule has 1 N–H and O–H groups in total. The molecule has 0 saturated heterocycles. The number of halogens is 1. The summed E-state index contributed by atoms with van der Waals surface area (Å²) in [7, 11) is 4.52. The number of anilines is 1. The van der Waals surface area contributed by atoms with Crippen LogP contribution in [0.1, 0.15) is 50.2 Å². The second-order valence-electron chi connectivity index (χ2n) is 8.74. The molecule has 1 fully saturated rings. The average molecular weight is 385 g/mol. The van der Waals surface area contributed by atoms with Gasteiger partial charge in [-0.1, -0.05) is 68.3 Å². The topological polar surface area (TPSA) is 7.68 Å². The molecule has 1 aliphatic carbocycles. The minimum atomic E-state index is 0. The summed E-state index contributed by atoms with van der Waals surface area (Å²) in [6, 6.07) is 20.6. The Hall–Kier alpha value is -1.51. The molecule has 2 aromatic rings. The van der Waals surface area contributed by atoms with Crippen LogP contribution in [0.4, 0.5) is 5.69 Å². The van der Waals surface area contributed by atoms with E-state index in [9.17, 15) is 0 Å². The summed E-state index contributed by atoms with van der Waals surface area (Å²) in [6.45, 7) is 4.90. The van der Waals surface area contributed by atoms with E-state index in [1.807, 2.05) is 0 Å². The van der Waals surface area contributed by atoms with Crippen LogP contribution >= 0.6 is 0 Å². The molecule has 146 valence electrons. The van der Waals surface area contributed by atoms with Gasteiger partial charge in [0, 0.05) is 24.1 Å². The zero-order chi connectivity index (χ0) is 18.2. The summed E-state index contributed by atoms with van der Waals surface area (Å²) in [5, 5.41) is 0. The largest absolute Gasteiger partial charge is 1.00 e. The maximum Gasteiger partial charge on any atom is 0.0783 e. The lowest BCUT2D eigenvalue weighted by Crippen LogP contribution is -3.05. The molecule has 0 amide bonds. The number of nitrogens with zero attached hydrogens (tertiary/aromatic N) is 1. The van der Waals surface area contributed by atoms with Crippen LogP contribution in [0.3, 0.4) is 0 Å². The van der Waals surface area contributed by atoms with E-state index in [2.05, 4.69) is 80.5 Å². The Labute approximate surface area is 171 Å². The maximum atomic E-state index is 2.79. The smallest absolute Gasteiger partial charge is 0.0783 e. The van der Waals surface area contributed by atoms with Gasteiger partial charge < -0.3 is 22.2 Å². The van der Waals surface area contributed by atoms with Crippen LogP contribution in [-0.2, 0) is 11.0 Å².